The predicted molar refractivity (Wildman–Crippen MR) is 98.6 cm³/mol. The molecule has 2 rings (SSSR count). The lowest BCUT2D eigenvalue weighted by molar-refractivity contribution is 1.54. The molecule has 6 heteroatoms. The fourth-order valence-electron chi connectivity index (χ4n) is 1.67. The van der Waals surface area contributed by atoms with Gasteiger partial charge in [-0.1, -0.05) is 87.8 Å². The van der Waals surface area contributed by atoms with Crippen LogP contribution in [-0.4, -0.2) is 12.3 Å². The van der Waals surface area contributed by atoms with E-state index in [-0.39, 0.29) is 0 Å². The van der Waals surface area contributed by atoms with Crippen LogP contribution in [0.25, 0.3) is 0 Å². The Morgan fingerprint density at radius 1 is 0.650 bits per heavy atom. The molecule has 0 radical (unpaired) electrons. The van der Waals surface area contributed by atoms with E-state index in [1.165, 1.54) is 0 Å². The Morgan fingerprint density at radius 3 is 1.45 bits per heavy atom. The third kappa shape index (κ3) is 4.48. The molecule has 0 fully saturated rings. The van der Waals surface area contributed by atoms with Gasteiger partial charge in [0.15, 0.2) is 0 Å². The van der Waals surface area contributed by atoms with Gasteiger partial charge in [-0.3, -0.25) is 0 Å². The first-order chi connectivity index (χ1) is 9.59. The zero-order chi connectivity index (χ0) is 14.5. The van der Waals surface area contributed by atoms with Crippen molar-refractivity contribution in [2.24, 2.45) is 0 Å². The summed E-state index contributed by atoms with van der Waals surface area (Å²) in [6.07, 6.45) is 2.14. The number of benzene rings is 2. The molecule has 2 aromatic rings. The minimum absolute atomic E-state index is 0.622. The molecule has 2 unspecified atom stereocenters. The summed E-state index contributed by atoms with van der Waals surface area (Å²) in [5, 5.41) is 4.85. The Kier molecular flexibility index (Phi) is 6.89. The second kappa shape index (κ2) is 8.19. The fourth-order valence-corrected chi connectivity index (χ4v) is 5.38. The van der Waals surface area contributed by atoms with Crippen molar-refractivity contribution in [2.45, 2.75) is 0 Å². The van der Waals surface area contributed by atoms with Crippen LogP contribution in [0.3, 0.4) is 0 Å². The molecule has 0 amide bonds. The van der Waals surface area contributed by atoms with Crippen molar-refractivity contribution >= 4 is 74.2 Å². The van der Waals surface area contributed by atoms with E-state index in [2.05, 4.69) is 0 Å². The molecule has 0 heterocycles. The fraction of sp³-hybridized carbons (Fsp3) is 0.143. The Bertz CT molecular complexity index is 548. The number of rotatable bonds is 5. The van der Waals surface area contributed by atoms with Gasteiger partial charge in [0.2, 0.25) is 0 Å². The molecule has 0 bridgehead atoms. The van der Waals surface area contributed by atoms with Crippen molar-refractivity contribution in [3.05, 3.63) is 56.5 Å². The van der Waals surface area contributed by atoms with Crippen LogP contribution in [0.4, 0.5) is 0 Å². The smallest absolute Gasteiger partial charge is 0.0666 e. The summed E-state index contributed by atoms with van der Waals surface area (Å²) in [6.45, 7) is 0. The van der Waals surface area contributed by atoms with E-state index in [9.17, 15) is 0 Å². The lowest BCUT2D eigenvalue weighted by Crippen LogP contribution is -2.01. The van der Waals surface area contributed by atoms with Gasteiger partial charge in [0.1, 0.15) is 0 Å². The zero-order valence-corrected chi connectivity index (χ0v) is 15.4. The summed E-state index contributed by atoms with van der Waals surface area (Å²) in [5.41, 5.74) is 0. The first-order valence-corrected chi connectivity index (χ1v) is 9.88. The van der Waals surface area contributed by atoms with Gasteiger partial charge in [-0.15, -0.1) is 0 Å². The summed E-state index contributed by atoms with van der Waals surface area (Å²) in [6, 6.07) is 11.6. The molecule has 0 saturated heterocycles. The summed E-state index contributed by atoms with van der Waals surface area (Å²) in [5.74, 6) is 0. The molecule has 0 nitrogen and oxygen atoms in total. The van der Waals surface area contributed by atoms with E-state index < -0.39 is 0 Å². The van der Waals surface area contributed by atoms with Crippen molar-refractivity contribution in [3.63, 3.8) is 0 Å². The Balaban J connectivity index is 1.88. The molecule has 20 heavy (non-hydrogen) atoms. The maximum absolute atomic E-state index is 6.17. The third-order valence-corrected chi connectivity index (χ3v) is 7.71. The molecule has 0 aliphatic rings. The zero-order valence-electron chi connectivity index (χ0n) is 10.4. The lowest BCUT2D eigenvalue weighted by atomic mass is 10.4. The highest BCUT2D eigenvalue weighted by molar-refractivity contribution is 7.51. The molecule has 0 spiro atoms. The summed E-state index contributed by atoms with van der Waals surface area (Å²) in [7, 11) is 1.32. The predicted octanol–water partition coefficient (Wildman–Crippen LogP) is 5.61. The van der Waals surface area contributed by atoms with Gasteiger partial charge in [-0.2, -0.15) is 0 Å². The highest BCUT2D eigenvalue weighted by Gasteiger charge is 2.06. The van der Waals surface area contributed by atoms with Crippen LogP contribution in [0.1, 0.15) is 0 Å². The van der Waals surface area contributed by atoms with Gasteiger partial charge in [0, 0.05) is 0 Å². The molecule has 0 aliphatic carbocycles. The number of hydrogen-bond donors (Lipinski definition) is 0. The summed E-state index contributed by atoms with van der Waals surface area (Å²) < 4.78 is 0. The normalized spacial score (nSPS) is 12.0. The summed E-state index contributed by atoms with van der Waals surface area (Å²) >= 11 is 24.4. The lowest BCUT2D eigenvalue weighted by Gasteiger charge is -2.08. The van der Waals surface area contributed by atoms with E-state index in [0.29, 0.717) is 37.3 Å². The Hall–Kier alpha value is 0.460. The first-order valence-electron chi connectivity index (χ1n) is 5.95. The van der Waals surface area contributed by atoms with Crippen LogP contribution < -0.4 is 10.6 Å². The van der Waals surface area contributed by atoms with Crippen molar-refractivity contribution in [2.75, 3.05) is 12.3 Å². The minimum atomic E-state index is 0.622. The second-order valence-electron chi connectivity index (χ2n) is 4.06. The Labute approximate surface area is 142 Å². The largest absolute Gasteiger partial charge is 0.0884 e. The molecular weight excluding hydrogens is 372 g/mol. The van der Waals surface area contributed by atoms with Gasteiger partial charge in [0.25, 0.3) is 0 Å². The average molecular weight is 384 g/mol. The van der Waals surface area contributed by atoms with Crippen LogP contribution >= 0.6 is 63.6 Å². The second-order valence-corrected chi connectivity index (χ2v) is 8.41. The third-order valence-electron chi connectivity index (χ3n) is 2.66. The van der Waals surface area contributed by atoms with Gasteiger partial charge in [-0.25, -0.2) is 0 Å². The van der Waals surface area contributed by atoms with E-state index in [4.69, 9.17) is 46.4 Å². The maximum Gasteiger partial charge on any atom is 0.0666 e. The minimum Gasteiger partial charge on any atom is -0.0884 e. The van der Waals surface area contributed by atoms with Crippen LogP contribution in [0.15, 0.2) is 36.4 Å². The van der Waals surface area contributed by atoms with E-state index in [1.807, 2.05) is 36.4 Å². The molecule has 106 valence electrons. The van der Waals surface area contributed by atoms with Crippen LogP contribution in [0, 0.1) is 0 Å². The highest BCUT2D eigenvalue weighted by Crippen LogP contribution is 2.28. The van der Waals surface area contributed by atoms with Crippen LogP contribution in [0.2, 0.25) is 20.1 Å². The SMILES string of the molecule is Clc1cccc(PCCPc2cccc(Cl)c2Cl)c1Cl. The standard InChI is InChI=1S/C14H12Cl4P2/c15-9-3-1-5-11(13(9)17)19-7-8-20-12-6-2-4-10(16)14(12)18/h1-6,19-20H,7-8H2. The highest BCUT2D eigenvalue weighted by atomic mass is 35.5. The molecular formula is C14H12Cl4P2. The van der Waals surface area contributed by atoms with Gasteiger partial charge >= 0.3 is 0 Å². The quantitative estimate of drug-likeness (QED) is 0.465. The van der Waals surface area contributed by atoms with Crippen LogP contribution in [0.5, 0.6) is 0 Å². The number of halogens is 4. The number of hydrogen-bond acceptors (Lipinski definition) is 0. The molecule has 2 atom stereocenters. The topological polar surface area (TPSA) is 0 Å². The molecule has 0 saturated carbocycles. The maximum atomic E-state index is 6.17. The van der Waals surface area contributed by atoms with Crippen molar-refractivity contribution in [1.29, 1.82) is 0 Å². The van der Waals surface area contributed by atoms with Gasteiger partial charge in [-0.05, 0) is 35.1 Å². The van der Waals surface area contributed by atoms with Crippen molar-refractivity contribution in [1.82, 2.24) is 0 Å². The Morgan fingerprint density at radius 2 is 1.05 bits per heavy atom. The summed E-state index contributed by atoms with van der Waals surface area (Å²) in [4.78, 5) is 0. The van der Waals surface area contributed by atoms with Crippen LogP contribution in [-0.2, 0) is 0 Å². The first kappa shape index (κ1) is 16.8. The monoisotopic (exact) mass is 382 g/mol. The van der Waals surface area contributed by atoms with Gasteiger partial charge < -0.3 is 0 Å². The molecule has 2 aromatic carbocycles. The van der Waals surface area contributed by atoms with E-state index >= 15 is 0 Å². The average Bonchev–Trinajstić information content (AvgIpc) is 2.43. The van der Waals surface area contributed by atoms with Crippen molar-refractivity contribution < 1.29 is 0 Å². The van der Waals surface area contributed by atoms with Gasteiger partial charge in [0.05, 0.1) is 20.1 Å². The van der Waals surface area contributed by atoms with Crippen molar-refractivity contribution in [3.8, 4) is 0 Å². The van der Waals surface area contributed by atoms with E-state index in [1.54, 1.807) is 0 Å². The molecule has 0 aliphatic heterocycles. The molecule has 0 aromatic heterocycles. The van der Waals surface area contributed by atoms with E-state index in [0.717, 1.165) is 22.9 Å². The molecule has 0 N–H and O–H groups in total.